The van der Waals surface area contributed by atoms with Crippen molar-refractivity contribution in [1.29, 1.82) is 0 Å². The summed E-state index contributed by atoms with van der Waals surface area (Å²) in [7, 11) is 0. The van der Waals surface area contributed by atoms with E-state index in [1.165, 1.54) is 250 Å². The van der Waals surface area contributed by atoms with Crippen LogP contribution in [-0.2, 0) is 47.9 Å². The second-order valence-electron chi connectivity index (χ2n) is 25.0. The van der Waals surface area contributed by atoms with Crippen LogP contribution in [0.1, 0.15) is 306 Å². The van der Waals surface area contributed by atoms with E-state index in [0.29, 0.717) is 19.3 Å². The standard InChI is InChI=1S/C72H110I9N3O6/c73-58-49-61(76)70(82)67(79)55(58)43-37-31-25-19-13-7-1-4-10-16-22-28-34-40-46-64(85)88-52-54(90-66(87)48-42-36-30-24-18-12-6-3-9-15-21-27-33-39-45-57-60(75)51-63(78)72(84)69(57)81)53-89-65(86)47-41-35-29-23-17-11-5-2-8-14-20-26-32-38-44-56-59(74)50-62(77)71(83)68(56)80/h49-51,54H,1-48,52-53,82-84H2. The third-order valence-electron chi connectivity index (χ3n) is 17.2. The van der Waals surface area contributed by atoms with Crippen LogP contribution in [0.4, 0.5) is 17.1 Å². The molecule has 90 heavy (non-hydrogen) atoms. The van der Waals surface area contributed by atoms with Gasteiger partial charge in [0.25, 0.3) is 0 Å². The Morgan fingerprint density at radius 3 is 0.689 bits per heavy atom. The van der Waals surface area contributed by atoms with Crippen molar-refractivity contribution in [3.8, 4) is 0 Å². The van der Waals surface area contributed by atoms with E-state index in [0.717, 1.165) is 105 Å². The van der Waals surface area contributed by atoms with Crippen LogP contribution in [0.3, 0.4) is 0 Å². The monoisotopic (exact) mass is 2250 g/mol. The lowest BCUT2D eigenvalue weighted by atomic mass is 10.0. The minimum absolute atomic E-state index is 0.0887. The van der Waals surface area contributed by atoms with Crippen LogP contribution in [0.5, 0.6) is 0 Å². The number of carbonyl (C=O) groups is 3. The number of nitrogen functional groups attached to an aromatic ring is 3. The van der Waals surface area contributed by atoms with E-state index in [-0.39, 0.29) is 31.1 Å². The Balaban J connectivity index is 1.21. The molecule has 3 aromatic rings. The Bertz CT molecular complexity index is 2360. The summed E-state index contributed by atoms with van der Waals surface area (Å²) in [5, 5.41) is 0. The number of carbonyl (C=O) groups excluding carboxylic acids is 3. The molecule has 9 nitrogen and oxygen atoms in total. The molecule has 6 N–H and O–H groups in total. The first-order valence-corrected chi connectivity index (χ1v) is 44.5. The normalized spacial score (nSPS) is 11.5. The molecule has 0 heterocycles. The zero-order valence-corrected chi connectivity index (χ0v) is 73.7. The highest BCUT2D eigenvalue weighted by Crippen LogP contribution is 2.34. The van der Waals surface area contributed by atoms with Gasteiger partial charge in [-0.2, -0.15) is 0 Å². The van der Waals surface area contributed by atoms with Gasteiger partial charge in [-0.15, -0.1) is 0 Å². The van der Waals surface area contributed by atoms with E-state index in [2.05, 4.69) is 222 Å². The molecule has 0 aliphatic rings. The Morgan fingerprint density at radius 2 is 0.467 bits per heavy atom. The van der Waals surface area contributed by atoms with Crippen molar-refractivity contribution in [3.05, 3.63) is 67.0 Å². The molecule has 0 amide bonds. The average Bonchev–Trinajstić information content (AvgIpc) is 1.78. The van der Waals surface area contributed by atoms with Crippen LogP contribution in [0.2, 0.25) is 0 Å². The first-order chi connectivity index (χ1) is 43.5. The number of ether oxygens (including phenoxy) is 3. The van der Waals surface area contributed by atoms with Crippen LogP contribution in [0, 0.1) is 32.1 Å². The molecular weight excluding hydrogens is 2140 g/mol. The Kier molecular flexibility index (Phi) is 53.5. The fourth-order valence-corrected chi connectivity index (χ4v) is 23.3. The van der Waals surface area contributed by atoms with Crippen molar-refractivity contribution in [2.24, 2.45) is 0 Å². The topological polar surface area (TPSA) is 157 Å². The Hall–Kier alpha value is 2.04. The lowest BCUT2D eigenvalue weighted by Gasteiger charge is -2.18. The van der Waals surface area contributed by atoms with E-state index in [1.54, 1.807) is 0 Å². The van der Waals surface area contributed by atoms with Gasteiger partial charge in [0, 0.05) is 51.4 Å². The molecule has 0 saturated heterocycles. The second-order valence-corrected chi connectivity index (χ2v) is 35.2. The van der Waals surface area contributed by atoms with Gasteiger partial charge in [0.05, 0.1) is 17.1 Å². The number of nitrogens with two attached hydrogens (primary N) is 3. The van der Waals surface area contributed by atoms with Gasteiger partial charge < -0.3 is 31.4 Å². The summed E-state index contributed by atoms with van der Waals surface area (Å²) in [6.07, 6.45) is 54.8. The van der Waals surface area contributed by atoms with Gasteiger partial charge in [0.15, 0.2) is 6.10 Å². The molecule has 0 aromatic heterocycles. The summed E-state index contributed by atoms with van der Waals surface area (Å²) in [5.74, 6) is -0.889. The Morgan fingerprint density at radius 1 is 0.278 bits per heavy atom. The fourth-order valence-electron chi connectivity index (χ4n) is 11.6. The molecule has 0 aliphatic carbocycles. The quantitative estimate of drug-likeness (QED) is 0.0165. The van der Waals surface area contributed by atoms with Crippen molar-refractivity contribution < 1.29 is 28.6 Å². The summed E-state index contributed by atoms with van der Waals surface area (Å²) in [5.41, 5.74) is 25.9. The molecule has 0 spiro atoms. The predicted octanol–water partition coefficient (Wildman–Crippen LogP) is 25.5. The van der Waals surface area contributed by atoms with E-state index < -0.39 is 6.10 Å². The summed E-state index contributed by atoms with van der Waals surface area (Å²) in [4.78, 5) is 38.8. The molecule has 0 fully saturated rings. The Labute approximate surface area is 668 Å². The van der Waals surface area contributed by atoms with Crippen LogP contribution in [0.25, 0.3) is 0 Å². The van der Waals surface area contributed by atoms with Gasteiger partial charge in [0.1, 0.15) is 13.2 Å². The number of halogens is 9. The van der Waals surface area contributed by atoms with E-state index in [9.17, 15) is 14.4 Å². The minimum Gasteiger partial charge on any atom is -0.462 e. The predicted molar refractivity (Wildman–Crippen MR) is 458 cm³/mol. The third kappa shape index (κ3) is 40.3. The first-order valence-electron chi connectivity index (χ1n) is 34.8. The van der Waals surface area contributed by atoms with Crippen LogP contribution in [-0.4, -0.2) is 37.2 Å². The summed E-state index contributed by atoms with van der Waals surface area (Å²) < 4.78 is 28.3. The first kappa shape index (κ1) is 86.3. The van der Waals surface area contributed by atoms with Gasteiger partial charge >= 0.3 is 17.9 Å². The van der Waals surface area contributed by atoms with E-state index >= 15 is 0 Å². The van der Waals surface area contributed by atoms with Gasteiger partial charge in [-0.3, -0.25) is 14.4 Å². The molecule has 0 aliphatic heterocycles. The lowest BCUT2D eigenvalue weighted by Crippen LogP contribution is -2.30. The molecule has 0 bridgehead atoms. The summed E-state index contributed by atoms with van der Waals surface area (Å²) >= 11 is 21.6. The number of esters is 3. The van der Waals surface area contributed by atoms with Gasteiger partial charge in [-0.05, 0) is 296 Å². The molecule has 3 rings (SSSR count). The highest BCUT2D eigenvalue weighted by molar-refractivity contribution is 14.1. The van der Waals surface area contributed by atoms with Crippen LogP contribution >= 0.6 is 203 Å². The highest BCUT2D eigenvalue weighted by atomic mass is 127. The van der Waals surface area contributed by atoms with Crippen LogP contribution < -0.4 is 17.2 Å². The summed E-state index contributed by atoms with van der Waals surface area (Å²) in [6, 6.07) is 6.62. The van der Waals surface area contributed by atoms with Gasteiger partial charge in [0.2, 0.25) is 0 Å². The molecule has 0 saturated carbocycles. The summed E-state index contributed by atoms with van der Waals surface area (Å²) in [6.45, 7) is -0.177. The number of hydrogen-bond donors (Lipinski definition) is 3. The lowest BCUT2D eigenvalue weighted by molar-refractivity contribution is -0.167. The number of benzene rings is 3. The molecule has 512 valence electrons. The van der Waals surface area contributed by atoms with Crippen molar-refractivity contribution in [2.75, 3.05) is 30.4 Å². The molecule has 0 radical (unpaired) electrons. The molecule has 0 atom stereocenters. The maximum Gasteiger partial charge on any atom is 0.306 e. The van der Waals surface area contributed by atoms with Crippen molar-refractivity contribution in [2.45, 2.75) is 314 Å². The number of anilines is 3. The third-order valence-corrected chi connectivity index (χ3v) is 26.5. The number of hydrogen-bond acceptors (Lipinski definition) is 9. The fraction of sp³-hybridized carbons (Fsp3) is 0.708. The van der Waals surface area contributed by atoms with Crippen LogP contribution in [0.15, 0.2) is 18.2 Å². The molecule has 3 aromatic carbocycles. The molecule has 0 unspecified atom stereocenters. The minimum atomic E-state index is -0.797. The zero-order chi connectivity index (χ0) is 65.6. The van der Waals surface area contributed by atoms with Crippen molar-refractivity contribution in [1.82, 2.24) is 0 Å². The van der Waals surface area contributed by atoms with Crippen molar-refractivity contribution in [3.63, 3.8) is 0 Å². The smallest absolute Gasteiger partial charge is 0.306 e. The van der Waals surface area contributed by atoms with E-state index in [1.807, 2.05) is 0 Å². The highest BCUT2D eigenvalue weighted by Gasteiger charge is 2.20. The average molecular weight is 2260 g/mol. The van der Waals surface area contributed by atoms with E-state index in [4.69, 9.17) is 31.4 Å². The van der Waals surface area contributed by atoms with Gasteiger partial charge in [-0.1, -0.05) is 231 Å². The SMILES string of the molecule is Nc1c(I)cc(I)c(CCCCCCCCCCCCCCCCC(=O)OCC(COC(=O)CCCCCCCCCCCCCCCCc2c(I)cc(I)c(N)c2I)OC(=O)CCCCCCCCCCCCCCCCc2c(I)cc(I)c(N)c2I)c1I. The largest absolute Gasteiger partial charge is 0.462 e. The van der Waals surface area contributed by atoms with Gasteiger partial charge in [-0.25, -0.2) is 0 Å². The molecular formula is C72H110I9N3O6. The second kappa shape index (κ2) is 55.8. The maximum absolute atomic E-state index is 13.1. The zero-order valence-electron chi connectivity index (χ0n) is 54.2. The maximum atomic E-state index is 13.1. The number of unbranched alkanes of at least 4 members (excludes halogenated alkanes) is 39. The van der Waals surface area contributed by atoms with Crippen molar-refractivity contribution >= 4 is 238 Å². The molecule has 18 heteroatoms. The number of rotatable bonds is 56.